The van der Waals surface area contributed by atoms with Crippen molar-refractivity contribution >= 4 is 29.5 Å². The highest BCUT2D eigenvalue weighted by Gasteiger charge is 2.64. The summed E-state index contributed by atoms with van der Waals surface area (Å²) in [6, 6.07) is -10.1. The summed E-state index contributed by atoms with van der Waals surface area (Å²) >= 11 is 0. The van der Waals surface area contributed by atoms with E-state index in [0.29, 0.717) is 0 Å². The topological polar surface area (TPSA) is 926 Å². The Morgan fingerprint density at radius 2 is 0.456 bits per heavy atom. The van der Waals surface area contributed by atoms with E-state index >= 15 is 0 Å². The third-order valence-electron chi connectivity index (χ3n) is 25.0. The van der Waals surface area contributed by atoms with Gasteiger partial charge in [0.15, 0.2) is 69.2 Å². The van der Waals surface area contributed by atoms with E-state index in [-0.39, 0.29) is 0 Å². The van der Waals surface area contributed by atoms with Crippen LogP contribution in [0.25, 0.3) is 0 Å². The van der Waals surface area contributed by atoms with Crippen LogP contribution in [-0.4, -0.2) is 581 Å². The van der Waals surface area contributed by atoms with Crippen LogP contribution in [0.4, 0.5) is 0 Å². The average molecular weight is 1990 g/mol. The van der Waals surface area contributed by atoms with E-state index in [9.17, 15) is 172 Å². The first-order valence-electron chi connectivity index (χ1n) is 43.5. The number of aliphatic hydroxyl groups is 29. The van der Waals surface area contributed by atoms with Gasteiger partial charge in [-0.05, 0) is 6.92 Å². The van der Waals surface area contributed by atoms with Crippen LogP contribution in [0, 0.1) is 0 Å². The molecule has 0 aromatic carbocycles. The molecule has 0 saturated carbocycles. The maximum atomic E-state index is 13.8. The average Bonchev–Trinajstić information content (AvgIpc) is 0.755. The molecule has 0 aromatic rings. The lowest BCUT2D eigenvalue weighted by Gasteiger charge is -2.53. The molecule has 11 fully saturated rings. The molecule has 136 heavy (non-hydrogen) atoms. The smallest absolute Gasteiger partial charge is 0.217 e. The first-order valence-corrected chi connectivity index (χ1v) is 43.5. The van der Waals surface area contributed by atoms with Gasteiger partial charge in [-0.2, -0.15) is 0 Å². The number of nitrogens with one attached hydrogen (secondary N) is 5. The van der Waals surface area contributed by atoms with Gasteiger partial charge in [0.2, 0.25) is 29.5 Å². The van der Waals surface area contributed by atoms with Gasteiger partial charge in [-0.15, -0.1) is 0 Å². The highest BCUT2D eigenvalue weighted by molar-refractivity contribution is 5.75. The highest BCUT2D eigenvalue weighted by Crippen LogP contribution is 2.43. The first-order chi connectivity index (χ1) is 64.3. The zero-order valence-corrected chi connectivity index (χ0v) is 73.4. The minimum Gasteiger partial charge on any atom is -0.394 e. The van der Waals surface area contributed by atoms with Crippen LogP contribution in [0.3, 0.4) is 0 Å². The normalized spacial score (nSPS) is 49.2. The van der Waals surface area contributed by atoms with E-state index in [2.05, 4.69) is 26.6 Å². The van der Waals surface area contributed by atoms with Gasteiger partial charge < -0.3 is 274 Å². The molecule has 0 spiro atoms. The highest BCUT2D eigenvalue weighted by atomic mass is 16.8. The molecule has 11 aliphatic rings. The largest absolute Gasteiger partial charge is 0.394 e. The predicted molar refractivity (Wildman–Crippen MR) is 419 cm³/mol. The van der Waals surface area contributed by atoms with Crippen LogP contribution in [0.5, 0.6) is 0 Å². The first kappa shape index (κ1) is 112. The Morgan fingerprint density at radius 1 is 0.206 bits per heavy atom. The van der Waals surface area contributed by atoms with Crippen molar-refractivity contribution in [1.29, 1.82) is 0 Å². The van der Waals surface area contributed by atoms with E-state index in [1.165, 1.54) is 6.92 Å². The molecule has 60 nitrogen and oxygen atoms in total. The summed E-state index contributed by atoms with van der Waals surface area (Å²) in [5, 5.41) is 340. The number of ether oxygens (including phenoxy) is 21. The molecule has 786 valence electrons. The molecule has 60 heteroatoms. The van der Waals surface area contributed by atoms with Crippen LogP contribution in [0.15, 0.2) is 0 Å². The van der Waals surface area contributed by atoms with Crippen LogP contribution in [-0.2, 0) is 123 Å². The summed E-state index contributed by atoms with van der Waals surface area (Å²) in [5.74, 6) is -4.99. The second-order valence-corrected chi connectivity index (χ2v) is 34.5. The maximum Gasteiger partial charge on any atom is 0.217 e. The van der Waals surface area contributed by atoms with E-state index in [1.54, 1.807) is 0 Å². The molecule has 5 amide bonds. The van der Waals surface area contributed by atoms with Crippen molar-refractivity contribution in [2.75, 3.05) is 66.1 Å². The summed E-state index contributed by atoms with van der Waals surface area (Å²) < 4.78 is 129. The molecule has 11 aliphatic heterocycles. The number of aliphatic hydroxyl groups excluding tert-OH is 29. The number of rotatable bonds is 35. The monoisotopic (exact) mass is 1990 g/mol. The SMILES string of the molecule is CC(=O)N[C@@H]1[C@@H](O)[C@H](O[C@@H]2O[C@H](CO)[C@@H](O[C@@H]3O[C@H](CO[C@H]4O[C@H](CO)[C@@H](O)[C@H](O)[C@@H]4O[C@@H]4O[C@H](CO)[C@@H](O[C@@H]5O[C@H](CO)[C@H](O)[C@H](O)[C@H]5O)[C@H](O)[C@H]4NC(C)=O)[C@@H](O[C@@H]4O[C@H](CO)[C@@H](O)[C@H](O)[C@H]4NC(C)=O)[C@H](O[C@H]4O[C@H](CO)[C@@H](O)[C@H](O)[C@@H]4O[C@@H]4O[C@H](CO)[C@@H](O[C@@H]5O[C@H](CO)[C@H](O)[C@H](O)[C@H]5O)[C@H](O[C@@H]5O[C@@H](C)[C@@H](O)[C@@H](O)[C@@H]5O)[C@H]4NC(C)=O)[C@@H]3O)[C@H](O)[C@H]2NC(C)=O)[C@@H](CO)O[C@H]1O. The van der Waals surface area contributed by atoms with Gasteiger partial charge in [-0.3, -0.25) is 24.0 Å². The summed E-state index contributed by atoms with van der Waals surface area (Å²) in [6.45, 7) is -6.41. The van der Waals surface area contributed by atoms with E-state index < -0.39 is 433 Å². The fourth-order valence-electron chi connectivity index (χ4n) is 17.8. The summed E-state index contributed by atoms with van der Waals surface area (Å²) in [5.41, 5.74) is 0. The lowest BCUT2D eigenvalue weighted by atomic mass is 9.93. The minimum absolute atomic E-state index is 0.839. The van der Waals surface area contributed by atoms with Gasteiger partial charge in [-0.25, -0.2) is 0 Å². The van der Waals surface area contributed by atoms with Crippen LogP contribution in [0.2, 0.25) is 0 Å². The van der Waals surface area contributed by atoms with Crippen molar-refractivity contribution in [3.63, 3.8) is 0 Å². The van der Waals surface area contributed by atoms with E-state index in [0.717, 1.165) is 34.6 Å². The number of carbonyl (C=O) groups excluding carboxylic acids is 5. The molecule has 11 rings (SSSR count). The fourth-order valence-corrected chi connectivity index (χ4v) is 17.8. The van der Waals surface area contributed by atoms with Crippen molar-refractivity contribution < 1.29 is 272 Å². The Kier molecular flexibility index (Phi) is 40.1. The summed E-state index contributed by atoms with van der Waals surface area (Å²) in [4.78, 5) is 65.9. The summed E-state index contributed by atoms with van der Waals surface area (Å²) in [7, 11) is 0. The number of amides is 5. The fraction of sp³-hybridized carbons (Fsp3) is 0.934. The third-order valence-corrected chi connectivity index (χ3v) is 25.0. The van der Waals surface area contributed by atoms with Crippen LogP contribution in [0.1, 0.15) is 41.5 Å². The Balaban J connectivity index is 1.04. The lowest BCUT2D eigenvalue weighted by Crippen LogP contribution is -2.72. The van der Waals surface area contributed by atoms with E-state index in [4.69, 9.17) is 99.5 Å². The molecular weight excluding hydrogens is 1860 g/mol. The van der Waals surface area contributed by atoms with Crippen molar-refractivity contribution in [2.45, 2.75) is 379 Å². The van der Waals surface area contributed by atoms with Crippen LogP contribution >= 0.6 is 0 Å². The van der Waals surface area contributed by atoms with Gasteiger partial charge in [0.1, 0.15) is 262 Å². The van der Waals surface area contributed by atoms with Gasteiger partial charge in [0.25, 0.3) is 0 Å². The Morgan fingerprint density at radius 3 is 0.875 bits per heavy atom. The number of hydrogen-bond acceptors (Lipinski definition) is 55. The molecule has 34 N–H and O–H groups in total. The van der Waals surface area contributed by atoms with Crippen LogP contribution < -0.4 is 26.6 Å². The quantitative estimate of drug-likeness (QED) is 0.0280. The molecule has 55 atom stereocenters. The zero-order chi connectivity index (χ0) is 100. The Hall–Kier alpha value is -4.65. The third kappa shape index (κ3) is 24.6. The summed E-state index contributed by atoms with van der Waals surface area (Å²) in [6.07, 6.45) is -110. The predicted octanol–water partition coefficient (Wildman–Crippen LogP) is -23.2. The van der Waals surface area contributed by atoms with Gasteiger partial charge in [0, 0.05) is 34.6 Å². The standard InChI is InChI=1S/C76H127N5O55/c1-17-38(96)48(106)53(111)71(117-17)133-62-37(81-22(6)95)70(126-31(15-90)60(62)132-73-55(113)50(108)41(99)25(9-84)121-73)136-65-52(110)43(101)27(11-86)123-76(65)134-63-56(114)74(130-59-30(14-89)124-68(35(46(59)104)79-20(4)93)128-57-28(12-87)118-66(115)33(45(57)103)77-18(2)91)127-32(61(63)131-67-34(78-19(3)92)44(102)39(97)23(7-82)119-67)16-116-75-64(51(109)42(100)26(10-85)122-75)135-69-36(80-21(5)94)47(105)58(29(13-88)125-69)129-72-54(112)49(107)40(98)24(8-83)120-72/h17,23-76,82-90,96-115H,7-16H2,1-6H3,(H,77,91)(H,78,92)(H,79,93)(H,80,94)(H,81,95)/t17-,23+,24+,25+,26+,27+,28+,29+,30+,31+,32+,33+,34+,35+,36+,37+,38+,39+,40-,41-,42+,43+,44+,45+,46+,47+,48+,49-,50-,51-,52-,53-,54+,55+,56-,57+,58+,59+,60+,61+,62+,63+,64-,65-,66+,67-,68-,69-,70-,71-,72-,73-,74-,75-,76+/m0/s1. The minimum atomic E-state index is -2.84. The molecule has 0 unspecified atom stereocenters. The Labute approximate surface area is 770 Å². The van der Waals surface area contributed by atoms with Crippen molar-refractivity contribution in [3.05, 3.63) is 0 Å². The lowest BCUT2D eigenvalue weighted by molar-refractivity contribution is -0.411. The Bertz CT molecular complexity index is 3760. The molecule has 11 saturated heterocycles. The van der Waals surface area contributed by atoms with Gasteiger partial charge in [-0.1, -0.05) is 0 Å². The van der Waals surface area contributed by atoms with Gasteiger partial charge in [0.05, 0.1) is 72.2 Å². The molecule has 0 bridgehead atoms. The molecule has 11 heterocycles. The molecule has 0 aromatic heterocycles. The second-order valence-electron chi connectivity index (χ2n) is 34.5. The number of hydrogen-bond donors (Lipinski definition) is 34. The molecule has 0 aliphatic carbocycles. The van der Waals surface area contributed by atoms with Crippen molar-refractivity contribution in [1.82, 2.24) is 26.6 Å². The van der Waals surface area contributed by atoms with Gasteiger partial charge >= 0.3 is 0 Å². The number of carbonyl (C=O) groups is 5. The van der Waals surface area contributed by atoms with Crippen molar-refractivity contribution in [3.8, 4) is 0 Å². The van der Waals surface area contributed by atoms with Crippen molar-refractivity contribution in [2.24, 2.45) is 0 Å². The molecular formula is C76H127N5O55. The maximum absolute atomic E-state index is 13.8. The molecule has 0 radical (unpaired) electrons. The second kappa shape index (κ2) is 48.8. The zero-order valence-electron chi connectivity index (χ0n) is 73.4. The van der Waals surface area contributed by atoms with E-state index in [1.807, 2.05) is 0 Å².